The molecular formula is C14H18N6OS. The van der Waals surface area contributed by atoms with E-state index in [1.807, 2.05) is 0 Å². The minimum Gasteiger partial charge on any atom is -0.335 e. The summed E-state index contributed by atoms with van der Waals surface area (Å²) in [5.41, 5.74) is 6.84. The molecule has 0 amide bonds. The van der Waals surface area contributed by atoms with E-state index in [1.54, 1.807) is 12.4 Å². The highest BCUT2D eigenvalue weighted by Crippen LogP contribution is 2.44. The van der Waals surface area contributed by atoms with Gasteiger partial charge in [-0.15, -0.1) is 0 Å². The minimum absolute atomic E-state index is 0.130. The third-order valence-corrected chi connectivity index (χ3v) is 6.19. The number of fused-ring (bicyclic) bond motifs is 3. The maximum absolute atomic E-state index is 6.28. The van der Waals surface area contributed by atoms with Crippen LogP contribution in [0.15, 0.2) is 12.4 Å². The number of aromatic nitrogens is 3. The molecule has 4 aliphatic rings. The second-order valence-corrected chi connectivity index (χ2v) is 7.39. The number of ether oxygens (including phenoxy) is 1. The Hall–Kier alpha value is -1.35. The highest BCUT2D eigenvalue weighted by atomic mass is 32.1. The molecule has 4 saturated heterocycles. The molecule has 6 heterocycles. The van der Waals surface area contributed by atoms with E-state index in [0.717, 1.165) is 23.1 Å². The monoisotopic (exact) mass is 318 g/mol. The lowest BCUT2D eigenvalue weighted by atomic mass is 9.75. The third-order valence-electron chi connectivity index (χ3n) is 5.21. The van der Waals surface area contributed by atoms with Gasteiger partial charge in [0.2, 0.25) is 0 Å². The summed E-state index contributed by atoms with van der Waals surface area (Å²) in [6, 6.07) is 0. The molecule has 6 rings (SSSR count). The van der Waals surface area contributed by atoms with Gasteiger partial charge in [0, 0.05) is 18.9 Å². The van der Waals surface area contributed by atoms with Gasteiger partial charge < -0.3 is 14.5 Å². The SMILES string of the molecule is NC1OC2(CN3CCC2CC3)CN1c1nc2nccnc2s1. The van der Waals surface area contributed by atoms with Gasteiger partial charge in [-0.1, -0.05) is 11.3 Å². The van der Waals surface area contributed by atoms with Crippen LogP contribution in [0.3, 0.4) is 0 Å². The van der Waals surface area contributed by atoms with Crippen molar-refractivity contribution in [2.24, 2.45) is 11.7 Å². The Morgan fingerprint density at radius 2 is 2.05 bits per heavy atom. The van der Waals surface area contributed by atoms with Gasteiger partial charge in [-0.05, 0) is 31.8 Å². The van der Waals surface area contributed by atoms with E-state index in [1.165, 1.54) is 37.3 Å². The molecule has 4 fully saturated rings. The van der Waals surface area contributed by atoms with Crippen molar-refractivity contribution < 1.29 is 4.74 Å². The molecule has 2 unspecified atom stereocenters. The molecule has 4 aliphatic heterocycles. The van der Waals surface area contributed by atoms with Gasteiger partial charge in [0.25, 0.3) is 0 Å². The topological polar surface area (TPSA) is 80.4 Å². The largest absolute Gasteiger partial charge is 0.335 e. The van der Waals surface area contributed by atoms with Crippen molar-refractivity contribution in [3.05, 3.63) is 12.4 Å². The van der Waals surface area contributed by atoms with Crippen molar-refractivity contribution in [1.82, 2.24) is 19.9 Å². The Balaban J connectivity index is 1.48. The number of piperidine rings is 3. The number of anilines is 1. The first-order valence-corrected chi connectivity index (χ1v) is 8.55. The number of nitrogens with zero attached hydrogens (tertiary/aromatic N) is 5. The summed E-state index contributed by atoms with van der Waals surface area (Å²) in [6.45, 7) is 4.19. The number of hydrogen-bond donors (Lipinski definition) is 1. The zero-order chi connectivity index (χ0) is 14.7. The van der Waals surface area contributed by atoms with Crippen LogP contribution in [0.4, 0.5) is 5.13 Å². The summed E-state index contributed by atoms with van der Waals surface area (Å²) in [7, 11) is 0. The number of nitrogens with two attached hydrogens (primary N) is 1. The van der Waals surface area contributed by atoms with E-state index in [0.29, 0.717) is 11.6 Å². The first kappa shape index (κ1) is 13.1. The Morgan fingerprint density at radius 1 is 1.23 bits per heavy atom. The fraction of sp³-hybridized carbons (Fsp3) is 0.643. The number of thiazole rings is 1. The van der Waals surface area contributed by atoms with E-state index in [-0.39, 0.29) is 5.60 Å². The molecule has 22 heavy (non-hydrogen) atoms. The van der Waals surface area contributed by atoms with Gasteiger partial charge in [-0.25, -0.2) is 9.97 Å². The second kappa shape index (κ2) is 4.58. The molecule has 7 nitrogen and oxygen atoms in total. The summed E-state index contributed by atoms with van der Waals surface area (Å²) in [6.07, 6.45) is 5.36. The van der Waals surface area contributed by atoms with E-state index in [2.05, 4.69) is 24.8 Å². The van der Waals surface area contributed by atoms with Crippen LogP contribution in [0.1, 0.15) is 12.8 Å². The van der Waals surface area contributed by atoms with E-state index >= 15 is 0 Å². The summed E-state index contributed by atoms with van der Waals surface area (Å²) < 4.78 is 6.27. The quantitative estimate of drug-likeness (QED) is 0.826. The maximum Gasteiger partial charge on any atom is 0.192 e. The van der Waals surface area contributed by atoms with Crippen LogP contribution in [0.5, 0.6) is 0 Å². The highest BCUT2D eigenvalue weighted by molar-refractivity contribution is 7.21. The molecular weight excluding hydrogens is 300 g/mol. The lowest BCUT2D eigenvalue weighted by Crippen LogP contribution is -2.61. The molecule has 0 aliphatic carbocycles. The van der Waals surface area contributed by atoms with Crippen molar-refractivity contribution in [1.29, 1.82) is 0 Å². The van der Waals surface area contributed by atoms with Crippen LogP contribution in [0, 0.1) is 5.92 Å². The molecule has 116 valence electrons. The van der Waals surface area contributed by atoms with Crippen LogP contribution in [-0.4, -0.2) is 58.0 Å². The summed E-state index contributed by atoms with van der Waals surface area (Å²) in [4.78, 5) is 18.6. The van der Waals surface area contributed by atoms with Gasteiger partial charge in [-0.3, -0.25) is 5.73 Å². The molecule has 2 aromatic heterocycles. The fourth-order valence-corrected chi connectivity index (χ4v) is 5.02. The normalized spacial score (nSPS) is 37.5. The Labute approximate surface area is 132 Å². The molecule has 2 bridgehead atoms. The second-order valence-electron chi connectivity index (χ2n) is 6.43. The number of rotatable bonds is 1. The van der Waals surface area contributed by atoms with Crippen molar-refractivity contribution in [2.45, 2.75) is 24.8 Å². The first-order chi connectivity index (χ1) is 10.7. The van der Waals surface area contributed by atoms with Gasteiger partial charge in [0.05, 0.1) is 6.54 Å². The molecule has 0 radical (unpaired) electrons. The first-order valence-electron chi connectivity index (χ1n) is 7.73. The lowest BCUT2D eigenvalue weighted by Gasteiger charge is -2.50. The number of hydrogen-bond acceptors (Lipinski definition) is 8. The molecule has 0 saturated carbocycles. The van der Waals surface area contributed by atoms with Gasteiger partial charge in [0.15, 0.2) is 22.0 Å². The van der Waals surface area contributed by atoms with Crippen LogP contribution in [0.25, 0.3) is 10.5 Å². The van der Waals surface area contributed by atoms with E-state index < -0.39 is 6.35 Å². The zero-order valence-corrected chi connectivity index (χ0v) is 13.0. The van der Waals surface area contributed by atoms with Crippen molar-refractivity contribution in [3.8, 4) is 0 Å². The fourth-order valence-electron chi connectivity index (χ4n) is 4.12. The van der Waals surface area contributed by atoms with Gasteiger partial charge in [0.1, 0.15) is 5.60 Å². The molecule has 8 heteroatoms. The highest BCUT2D eigenvalue weighted by Gasteiger charge is 2.54. The van der Waals surface area contributed by atoms with E-state index in [9.17, 15) is 0 Å². The Kier molecular flexibility index (Phi) is 2.73. The molecule has 2 N–H and O–H groups in total. The standard InChI is InChI=1S/C14H18N6OS/c15-12-20(13-18-10-11(22-13)17-4-3-16-10)8-14(21-12)7-19-5-1-9(14)2-6-19/h3-4,9,12H,1-2,5-8,15H2. The molecule has 0 aromatic carbocycles. The zero-order valence-electron chi connectivity index (χ0n) is 12.2. The average molecular weight is 318 g/mol. The average Bonchev–Trinajstić information content (AvgIpc) is 3.09. The summed E-state index contributed by atoms with van der Waals surface area (Å²) in [5, 5.41) is 0.863. The molecule has 2 aromatic rings. The predicted octanol–water partition coefficient (Wildman–Crippen LogP) is 0.630. The summed E-state index contributed by atoms with van der Waals surface area (Å²) >= 11 is 1.53. The predicted molar refractivity (Wildman–Crippen MR) is 83.5 cm³/mol. The third kappa shape index (κ3) is 1.81. The minimum atomic E-state index is -0.430. The molecule has 1 spiro atoms. The van der Waals surface area contributed by atoms with Crippen LogP contribution in [-0.2, 0) is 4.74 Å². The Morgan fingerprint density at radius 3 is 2.77 bits per heavy atom. The lowest BCUT2D eigenvalue weighted by molar-refractivity contribution is -0.137. The van der Waals surface area contributed by atoms with Gasteiger partial charge in [-0.2, -0.15) is 4.98 Å². The van der Waals surface area contributed by atoms with Crippen molar-refractivity contribution >= 4 is 26.9 Å². The van der Waals surface area contributed by atoms with E-state index in [4.69, 9.17) is 10.5 Å². The smallest absolute Gasteiger partial charge is 0.192 e. The van der Waals surface area contributed by atoms with Crippen molar-refractivity contribution in [3.63, 3.8) is 0 Å². The summed E-state index contributed by atoms with van der Waals surface area (Å²) in [5.74, 6) is 0.610. The van der Waals surface area contributed by atoms with Gasteiger partial charge >= 0.3 is 0 Å². The Bertz CT molecular complexity index is 681. The van der Waals surface area contributed by atoms with Crippen LogP contribution in [0.2, 0.25) is 0 Å². The molecule has 2 atom stereocenters. The van der Waals surface area contributed by atoms with Crippen molar-refractivity contribution in [2.75, 3.05) is 31.1 Å². The van der Waals surface area contributed by atoms with Crippen LogP contribution < -0.4 is 10.6 Å². The maximum atomic E-state index is 6.28. The van der Waals surface area contributed by atoms with Crippen LogP contribution >= 0.6 is 11.3 Å².